The molecular formula is C79H146O5. The van der Waals surface area contributed by atoms with Gasteiger partial charge in [-0.15, -0.1) is 0 Å². The van der Waals surface area contributed by atoms with Gasteiger partial charge in [0.25, 0.3) is 0 Å². The molecule has 0 aliphatic carbocycles. The van der Waals surface area contributed by atoms with Gasteiger partial charge >= 0.3 is 11.9 Å². The van der Waals surface area contributed by atoms with Crippen molar-refractivity contribution in [1.29, 1.82) is 0 Å². The van der Waals surface area contributed by atoms with E-state index < -0.39 is 6.10 Å². The lowest BCUT2D eigenvalue weighted by Crippen LogP contribution is -2.28. The smallest absolute Gasteiger partial charge is 0.306 e. The van der Waals surface area contributed by atoms with Crippen LogP contribution in [0.25, 0.3) is 0 Å². The molecule has 0 aromatic carbocycles. The summed E-state index contributed by atoms with van der Waals surface area (Å²) in [6.45, 7) is 4.08. The number of rotatable bonds is 71. The van der Waals surface area contributed by atoms with E-state index in [1.807, 2.05) is 0 Å². The van der Waals surface area contributed by atoms with E-state index >= 15 is 0 Å². The van der Waals surface area contributed by atoms with Gasteiger partial charge in [0.1, 0.15) is 6.61 Å². The fraction of sp³-hybridized carbons (Fsp3) is 0.848. The van der Waals surface area contributed by atoms with Crippen LogP contribution in [0.3, 0.4) is 0 Å². The summed E-state index contributed by atoms with van der Waals surface area (Å²) in [6.07, 6.45) is 103. The predicted molar refractivity (Wildman–Crippen MR) is 371 cm³/mol. The highest BCUT2D eigenvalue weighted by molar-refractivity contribution is 5.70. The van der Waals surface area contributed by atoms with Gasteiger partial charge in [-0.25, -0.2) is 0 Å². The molecular weight excluding hydrogens is 1030 g/mol. The van der Waals surface area contributed by atoms with Gasteiger partial charge in [-0.2, -0.15) is 0 Å². The van der Waals surface area contributed by atoms with Crippen molar-refractivity contribution in [2.24, 2.45) is 0 Å². The third kappa shape index (κ3) is 72.1. The Kier molecular flexibility index (Phi) is 72.7. The lowest BCUT2D eigenvalue weighted by Gasteiger charge is -2.15. The number of ether oxygens (including phenoxy) is 2. The minimum absolute atomic E-state index is 0.0629. The van der Waals surface area contributed by atoms with Crippen molar-refractivity contribution in [3.05, 3.63) is 60.8 Å². The van der Waals surface area contributed by atoms with E-state index in [-0.39, 0.29) is 25.2 Å². The van der Waals surface area contributed by atoms with Crippen molar-refractivity contribution < 1.29 is 24.2 Å². The van der Waals surface area contributed by atoms with E-state index in [4.69, 9.17) is 9.47 Å². The maximum atomic E-state index is 12.4. The quantitative estimate of drug-likeness (QED) is 0.0373. The SMILES string of the molecule is CC/C=C\C/C=C\C/C=C\C/C=C\C/C=C\CCCCCCCCCCCCCCCC(=O)OC(CO)COC(=O)CCCCCCCCCCCCCCCCCCCCCCCCCCCCCCCCCCCCCCCCCCC. The van der Waals surface area contributed by atoms with E-state index in [9.17, 15) is 14.7 Å². The Morgan fingerprint density at radius 2 is 0.512 bits per heavy atom. The number of carbonyl (C=O) groups excluding carboxylic acids is 2. The van der Waals surface area contributed by atoms with Crippen molar-refractivity contribution in [1.82, 2.24) is 0 Å². The average Bonchev–Trinajstić information content (AvgIpc) is 3.51. The van der Waals surface area contributed by atoms with E-state index in [2.05, 4.69) is 74.6 Å². The second-order valence-corrected chi connectivity index (χ2v) is 25.7. The zero-order chi connectivity index (χ0) is 60.5. The summed E-state index contributed by atoms with van der Waals surface area (Å²) in [5.41, 5.74) is 0. The first kappa shape index (κ1) is 81.6. The Morgan fingerprint density at radius 1 is 0.286 bits per heavy atom. The number of aliphatic hydroxyl groups is 1. The van der Waals surface area contributed by atoms with Gasteiger partial charge in [-0.1, -0.05) is 402 Å². The van der Waals surface area contributed by atoms with Gasteiger partial charge in [-0.3, -0.25) is 9.59 Å². The van der Waals surface area contributed by atoms with Crippen molar-refractivity contribution in [3.8, 4) is 0 Å². The largest absolute Gasteiger partial charge is 0.462 e. The van der Waals surface area contributed by atoms with Gasteiger partial charge < -0.3 is 14.6 Å². The number of carbonyl (C=O) groups is 2. The standard InChI is InChI=1S/C79H146O5/c1-3-5-7-9-11-13-15-17-19-21-23-25-27-29-31-33-34-35-36-37-38-39-40-41-42-43-44-46-47-49-51-53-55-57-59-61-63-65-67-69-71-73-78(81)83-76-77(75-80)84-79(82)74-72-70-68-66-64-62-60-58-56-54-52-50-48-45-32-30-28-26-24-22-20-18-16-14-12-10-8-6-4-2/h6,8,12,14,18,20,24,26,30,32,77,80H,3-5,7,9-11,13,15-17,19,21-23,25,27-29,31,33-76H2,1-2H3/b8-6-,14-12-,20-18-,26-24-,32-30-. The maximum Gasteiger partial charge on any atom is 0.306 e. The summed E-state index contributed by atoms with van der Waals surface area (Å²) in [5, 5.41) is 9.71. The fourth-order valence-corrected chi connectivity index (χ4v) is 11.7. The molecule has 0 aliphatic heterocycles. The Balaban J connectivity index is 3.37. The fourth-order valence-electron chi connectivity index (χ4n) is 11.7. The zero-order valence-corrected chi connectivity index (χ0v) is 56.7. The highest BCUT2D eigenvalue weighted by atomic mass is 16.6. The first-order valence-corrected chi connectivity index (χ1v) is 37.8. The van der Waals surface area contributed by atoms with Crippen LogP contribution in [0.5, 0.6) is 0 Å². The number of allylic oxidation sites excluding steroid dienone is 10. The Labute approximate surface area is 525 Å². The molecule has 84 heavy (non-hydrogen) atoms. The Hall–Kier alpha value is -2.40. The third-order valence-corrected chi connectivity index (χ3v) is 17.3. The summed E-state index contributed by atoms with van der Waals surface area (Å²) < 4.78 is 10.8. The van der Waals surface area contributed by atoms with Crippen LogP contribution in [0, 0.1) is 0 Å². The summed E-state index contributed by atoms with van der Waals surface area (Å²) in [7, 11) is 0. The number of hydrogen-bond acceptors (Lipinski definition) is 5. The number of aliphatic hydroxyl groups excluding tert-OH is 1. The maximum absolute atomic E-state index is 12.4. The van der Waals surface area contributed by atoms with Crippen LogP contribution in [-0.4, -0.2) is 36.4 Å². The molecule has 1 N–H and O–H groups in total. The molecule has 0 rings (SSSR count). The second kappa shape index (κ2) is 74.9. The first-order chi connectivity index (χ1) is 41.6. The monoisotopic (exact) mass is 1180 g/mol. The van der Waals surface area contributed by atoms with Crippen LogP contribution in [0.4, 0.5) is 0 Å². The predicted octanol–water partition coefficient (Wildman–Crippen LogP) is 26.4. The molecule has 0 amide bonds. The Morgan fingerprint density at radius 3 is 0.774 bits per heavy atom. The van der Waals surface area contributed by atoms with Crippen LogP contribution in [0.2, 0.25) is 0 Å². The van der Waals surface area contributed by atoms with E-state index in [1.165, 1.54) is 321 Å². The van der Waals surface area contributed by atoms with Gasteiger partial charge in [0.15, 0.2) is 6.10 Å². The zero-order valence-electron chi connectivity index (χ0n) is 56.7. The van der Waals surface area contributed by atoms with Crippen LogP contribution >= 0.6 is 0 Å². The van der Waals surface area contributed by atoms with Crippen LogP contribution in [0.1, 0.15) is 412 Å². The number of unbranched alkanes of at least 4 members (excludes halogenated alkanes) is 53. The highest BCUT2D eigenvalue weighted by Gasteiger charge is 2.16. The minimum Gasteiger partial charge on any atom is -0.462 e. The molecule has 0 aromatic heterocycles. The van der Waals surface area contributed by atoms with Gasteiger partial charge in [0, 0.05) is 12.8 Å². The average molecular weight is 1180 g/mol. The lowest BCUT2D eigenvalue weighted by atomic mass is 10.0. The molecule has 0 aliphatic rings. The van der Waals surface area contributed by atoms with Crippen LogP contribution in [-0.2, 0) is 19.1 Å². The molecule has 0 heterocycles. The van der Waals surface area contributed by atoms with Crippen molar-refractivity contribution in [2.75, 3.05) is 13.2 Å². The molecule has 0 saturated heterocycles. The van der Waals surface area contributed by atoms with Gasteiger partial charge in [-0.05, 0) is 57.8 Å². The van der Waals surface area contributed by atoms with Crippen molar-refractivity contribution in [2.45, 2.75) is 418 Å². The van der Waals surface area contributed by atoms with Gasteiger partial charge in [0.2, 0.25) is 0 Å². The van der Waals surface area contributed by atoms with E-state index in [1.54, 1.807) is 0 Å². The molecule has 1 atom stereocenters. The van der Waals surface area contributed by atoms with Crippen molar-refractivity contribution in [3.63, 3.8) is 0 Å². The summed E-state index contributed by atoms with van der Waals surface area (Å²) in [4.78, 5) is 24.7. The van der Waals surface area contributed by atoms with Crippen LogP contribution < -0.4 is 0 Å². The second-order valence-electron chi connectivity index (χ2n) is 25.7. The molecule has 0 fully saturated rings. The normalized spacial score (nSPS) is 12.5. The van der Waals surface area contributed by atoms with E-state index in [0.717, 1.165) is 64.2 Å². The Bertz CT molecular complexity index is 1430. The lowest BCUT2D eigenvalue weighted by molar-refractivity contribution is -0.161. The number of hydrogen-bond donors (Lipinski definition) is 1. The molecule has 1 unspecified atom stereocenters. The number of esters is 2. The minimum atomic E-state index is -0.775. The molecule has 0 bridgehead atoms. The van der Waals surface area contributed by atoms with Crippen molar-refractivity contribution >= 4 is 11.9 Å². The third-order valence-electron chi connectivity index (χ3n) is 17.3. The molecule has 5 heteroatoms. The molecule has 0 saturated carbocycles. The highest BCUT2D eigenvalue weighted by Crippen LogP contribution is 2.20. The molecule has 0 spiro atoms. The molecule has 492 valence electrons. The summed E-state index contributed by atoms with van der Waals surface area (Å²) in [6, 6.07) is 0. The summed E-state index contributed by atoms with van der Waals surface area (Å²) in [5.74, 6) is -0.573. The molecule has 0 radical (unpaired) electrons. The molecule has 5 nitrogen and oxygen atoms in total. The van der Waals surface area contributed by atoms with Crippen LogP contribution in [0.15, 0.2) is 60.8 Å². The summed E-state index contributed by atoms with van der Waals surface area (Å²) >= 11 is 0. The van der Waals surface area contributed by atoms with E-state index in [0.29, 0.717) is 12.8 Å². The molecule has 0 aromatic rings. The first-order valence-electron chi connectivity index (χ1n) is 37.8. The van der Waals surface area contributed by atoms with Gasteiger partial charge in [0.05, 0.1) is 6.61 Å². The topological polar surface area (TPSA) is 72.8 Å².